The molecule has 0 spiro atoms. The highest BCUT2D eigenvalue weighted by Gasteiger charge is 2.16. The van der Waals surface area contributed by atoms with Crippen molar-refractivity contribution in [2.75, 3.05) is 0 Å². The van der Waals surface area contributed by atoms with Crippen molar-refractivity contribution in [2.24, 2.45) is 0 Å². The fourth-order valence-corrected chi connectivity index (χ4v) is 3.71. The van der Waals surface area contributed by atoms with E-state index in [1.807, 2.05) is 18.2 Å². The zero-order valence-corrected chi connectivity index (χ0v) is 16.2. The number of para-hydroxylation sites is 1. The minimum Gasteiger partial charge on any atom is -0.457 e. The zero-order valence-electron chi connectivity index (χ0n) is 15.4. The van der Waals surface area contributed by atoms with Crippen LogP contribution >= 0.6 is 0 Å². The normalized spacial score (nSPS) is 11.5. The van der Waals surface area contributed by atoms with Crippen LogP contribution in [0.1, 0.15) is 57.4 Å². The van der Waals surface area contributed by atoms with Gasteiger partial charge in [-0.05, 0) is 36.6 Å². The van der Waals surface area contributed by atoms with E-state index in [9.17, 15) is 13.0 Å². The Hall–Kier alpha value is -1.85. The second-order valence-corrected chi connectivity index (χ2v) is 7.92. The molecule has 0 radical (unpaired) electrons. The van der Waals surface area contributed by atoms with Crippen LogP contribution in [0.3, 0.4) is 0 Å². The molecule has 0 aromatic heterocycles. The summed E-state index contributed by atoms with van der Waals surface area (Å²) in [7, 11) is -4.28. The Kier molecular flexibility index (Phi) is 8.13. The quantitative estimate of drug-likeness (QED) is 0.385. The highest BCUT2D eigenvalue weighted by atomic mass is 32.2. The fourth-order valence-electron chi connectivity index (χ4n) is 2.94. The van der Waals surface area contributed by atoms with Crippen LogP contribution in [0.5, 0.6) is 11.5 Å². The van der Waals surface area contributed by atoms with Gasteiger partial charge in [-0.2, -0.15) is 8.42 Å². The van der Waals surface area contributed by atoms with Gasteiger partial charge in [0.15, 0.2) is 0 Å². The third-order valence-corrected chi connectivity index (χ3v) is 5.28. The molecule has 0 aliphatic carbocycles. The molecule has 142 valence electrons. The van der Waals surface area contributed by atoms with Gasteiger partial charge in [-0.1, -0.05) is 69.7 Å². The second-order valence-electron chi connectivity index (χ2n) is 6.53. The molecule has 1 N–H and O–H groups in total. The molecule has 5 heteroatoms. The summed E-state index contributed by atoms with van der Waals surface area (Å²) in [5.74, 6) is 1.01. The number of rotatable bonds is 11. The van der Waals surface area contributed by atoms with Crippen LogP contribution in [0.4, 0.5) is 0 Å². The highest BCUT2D eigenvalue weighted by Crippen LogP contribution is 2.27. The molecule has 2 rings (SSSR count). The molecule has 0 atom stereocenters. The van der Waals surface area contributed by atoms with Gasteiger partial charge < -0.3 is 4.74 Å². The molecule has 2 aromatic rings. The smallest absolute Gasteiger partial charge is 0.294 e. The molecule has 4 nitrogen and oxygen atoms in total. The summed E-state index contributed by atoms with van der Waals surface area (Å²) < 4.78 is 38.8. The summed E-state index contributed by atoms with van der Waals surface area (Å²) in [4.78, 5) is -0.0584. The second kappa shape index (κ2) is 10.3. The molecular formula is C21H28O4S. The van der Waals surface area contributed by atoms with E-state index in [1.165, 1.54) is 31.7 Å². The van der Waals surface area contributed by atoms with Gasteiger partial charge in [0.25, 0.3) is 10.1 Å². The largest absolute Gasteiger partial charge is 0.457 e. The van der Waals surface area contributed by atoms with Crippen molar-refractivity contribution in [3.05, 3.63) is 54.1 Å². The molecule has 0 bridgehead atoms. The first-order valence-corrected chi connectivity index (χ1v) is 10.8. The first-order chi connectivity index (χ1) is 12.5. The third-order valence-electron chi connectivity index (χ3n) is 4.35. The van der Waals surface area contributed by atoms with Crippen LogP contribution in [0.15, 0.2) is 53.4 Å². The van der Waals surface area contributed by atoms with Crippen molar-refractivity contribution in [3.63, 3.8) is 0 Å². The highest BCUT2D eigenvalue weighted by molar-refractivity contribution is 7.85. The summed E-state index contributed by atoms with van der Waals surface area (Å²) >= 11 is 0. The predicted molar refractivity (Wildman–Crippen MR) is 104 cm³/mol. The Bertz CT molecular complexity index is 770. The summed E-state index contributed by atoms with van der Waals surface area (Å²) in [6, 6.07) is 14.0. The molecule has 0 unspecified atom stereocenters. The molecule has 0 saturated heterocycles. The summed E-state index contributed by atoms with van der Waals surface area (Å²) in [5, 5.41) is 0. The van der Waals surface area contributed by atoms with Gasteiger partial charge in [0.2, 0.25) is 0 Å². The van der Waals surface area contributed by atoms with Crippen molar-refractivity contribution in [1.82, 2.24) is 0 Å². The molecule has 0 aliphatic rings. The average molecular weight is 377 g/mol. The van der Waals surface area contributed by atoms with Crippen molar-refractivity contribution < 1.29 is 17.7 Å². The third kappa shape index (κ3) is 6.81. The minimum atomic E-state index is -4.28. The van der Waals surface area contributed by atoms with Crippen LogP contribution in [0.25, 0.3) is 0 Å². The number of ether oxygens (including phenoxy) is 1. The molecule has 0 amide bonds. The van der Waals surface area contributed by atoms with Crippen LogP contribution in [-0.2, 0) is 16.5 Å². The maximum Gasteiger partial charge on any atom is 0.294 e. The van der Waals surface area contributed by atoms with Crippen molar-refractivity contribution in [3.8, 4) is 11.5 Å². The van der Waals surface area contributed by atoms with E-state index >= 15 is 0 Å². The van der Waals surface area contributed by atoms with E-state index in [2.05, 4.69) is 6.92 Å². The fraction of sp³-hybridized carbons (Fsp3) is 0.429. The lowest BCUT2D eigenvalue weighted by Gasteiger charge is -2.11. The van der Waals surface area contributed by atoms with E-state index in [1.54, 1.807) is 24.3 Å². The van der Waals surface area contributed by atoms with Crippen molar-refractivity contribution in [1.29, 1.82) is 0 Å². The van der Waals surface area contributed by atoms with Gasteiger partial charge in [-0.3, -0.25) is 4.55 Å². The monoisotopic (exact) mass is 376 g/mol. The molecule has 0 heterocycles. The van der Waals surface area contributed by atoms with E-state index in [4.69, 9.17) is 4.74 Å². The van der Waals surface area contributed by atoms with Gasteiger partial charge in [0.1, 0.15) is 16.4 Å². The maximum absolute atomic E-state index is 11.8. The number of hydrogen-bond acceptors (Lipinski definition) is 3. The predicted octanol–water partition coefficient (Wildman–Crippen LogP) is 6.02. The van der Waals surface area contributed by atoms with Crippen LogP contribution in [-0.4, -0.2) is 13.0 Å². The lowest BCUT2D eigenvalue weighted by atomic mass is 10.0. The van der Waals surface area contributed by atoms with E-state index in [0.29, 0.717) is 23.5 Å². The molecule has 0 saturated carbocycles. The number of benzene rings is 2. The summed E-state index contributed by atoms with van der Waals surface area (Å²) in [6.07, 6.45) is 8.77. The lowest BCUT2D eigenvalue weighted by Crippen LogP contribution is -2.04. The summed E-state index contributed by atoms with van der Waals surface area (Å²) in [5.41, 5.74) is 0.640. The Morgan fingerprint density at radius 3 is 2.15 bits per heavy atom. The first-order valence-electron chi connectivity index (χ1n) is 9.34. The van der Waals surface area contributed by atoms with Crippen LogP contribution in [0, 0.1) is 0 Å². The van der Waals surface area contributed by atoms with Crippen LogP contribution < -0.4 is 4.74 Å². The SMILES string of the molecule is CCCCCCCCCc1ccc(Oc2ccccc2)cc1S(=O)(=O)O. The minimum absolute atomic E-state index is 0.0584. The molecule has 0 aliphatic heterocycles. The van der Waals surface area contributed by atoms with E-state index in [-0.39, 0.29) is 4.90 Å². The van der Waals surface area contributed by atoms with Crippen molar-refractivity contribution in [2.45, 2.75) is 63.2 Å². The van der Waals surface area contributed by atoms with Gasteiger partial charge in [-0.15, -0.1) is 0 Å². The number of aryl methyl sites for hydroxylation is 1. The first kappa shape index (κ1) is 20.5. The van der Waals surface area contributed by atoms with Crippen LogP contribution in [0.2, 0.25) is 0 Å². The Morgan fingerprint density at radius 2 is 1.50 bits per heavy atom. The Morgan fingerprint density at radius 1 is 0.846 bits per heavy atom. The Balaban J connectivity index is 2.00. The van der Waals surface area contributed by atoms with Crippen molar-refractivity contribution >= 4 is 10.1 Å². The average Bonchev–Trinajstić information content (AvgIpc) is 2.62. The van der Waals surface area contributed by atoms with E-state index in [0.717, 1.165) is 19.3 Å². The number of hydrogen-bond donors (Lipinski definition) is 1. The lowest BCUT2D eigenvalue weighted by molar-refractivity contribution is 0.470. The van der Waals surface area contributed by atoms with E-state index < -0.39 is 10.1 Å². The Labute approximate surface area is 157 Å². The number of unbranched alkanes of at least 4 members (excludes halogenated alkanes) is 6. The maximum atomic E-state index is 11.8. The van der Waals surface area contributed by atoms with Gasteiger partial charge in [0.05, 0.1) is 0 Å². The standard InChI is InChI=1S/C21H28O4S/c1-2-3-4-5-6-7-9-12-18-15-16-20(17-21(18)26(22,23)24)25-19-13-10-8-11-14-19/h8,10-11,13-17H,2-7,9,12H2,1H3,(H,22,23,24). The zero-order chi connectivity index (χ0) is 18.8. The summed E-state index contributed by atoms with van der Waals surface area (Å²) in [6.45, 7) is 2.20. The molecular weight excluding hydrogens is 348 g/mol. The van der Waals surface area contributed by atoms with Gasteiger partial charge >= 0.3 is 0 Å². The van der Waals surface area contributed by atoms with Gasteiger partial charge in [-0.25, -0.2) is 0 Å². The molecule has 2 aromatic carbocycles. The molecule has 26 heavy (non-hydrogen) atoms. The molecule has 0 fully saturated rings. The van der Waals surface area contributed by atoms with Gasteiger partial charge in [0, 0.05) is 6.07 Å². The topological polar surface area (TPSA) is 63.6 Å².